The second-order valence-electron chi connectivity index (χ2n) is 4.72. The Morgan fingerprint density at radius 1 is 1.40 bits per heavy atom. The summed E-state index contributed by atoms with van der Waals surface area (Å²) in [6, 6.07) is 6.27. The minimum atomic E-state index is -0.281. The van der Waals surface area contributed by atoms with Crippen LogP contribution in [-0.2, 0) is 0 Å². The van der Waals surface area contributed by atoms with Crippen molar-refractivity contribution in [3.05, 3.63) is 40.7 Å². The molecule has 1 N–H and O–H groups in total. The van der Waals surface area contributed by atoms with Gasteiger partial charge in [0.05, 0.1) is 5.69 Å². The lowest BCUT2D eigenvalue weighted by Gasteiger charge is -2.09. The number of amides is 1. The maximum Gasteiger partial charge on any atom is 0.263 e. The molecule has 0 aliphatic heterocycles. The van der Waals surface area contributed by atoms with Crippen LogP contribution in [0.3, 0.4) is 0 Å². The Morgan fingerprint density at radius 2 is 2.05 bits per heavy atom. The molecule has 1 aromatic heterocycles. The van der Waals surface area contributed by atoms with Gasteiger partial charge in [-0.15, -0.1) is 11.3 Å². The molecule has 0 saturated carbocycles. The topological polar surface area (TPSA) is 42.0 Å². The van der Waals surface area contributed by atoms with Crippen LogP contribution in [0.15, 0.2) is 24.3 Å². The zero-order valence-electron chi connectivity index (χ0n) is 11.7. The number of carbonyl (C=O) groups is 1. The van der Waals surface area contributed by atoms with Crippen LogP contribution in [0.2, 0.25) is 0 Å². The zero-order chi connectivity index (χ0) is 14.7. The molecule has 1 atom stereocenters. The molecule has 1 amide bonds. The predicted octanol–water partition coefficient (Wildman–Crippen LogP) is 3.79. The molecule has 0 bridgehead atoms. The largest absolute Gasteiger partial charge is 0.349 e. The Bertz CT molecular complexity index is 607. The highest BCUT2D eigenvalue weighted by molar-refractivity contribution is 7.17. The number of benzene rings is 1. The molecule has 0 saturated heterocycles. The first-order valence-corrected chi connectivity index (χ1v) is 7.37. The maximum absolute atomic E-state index is 12.9. The van der Waals surface area contributed by atoms with Crippen molar-refractivity contribution in [2.45, 2.75) is 33.2 Å². The molecule has 2 rings (SSSR count). The van der Waals surface area contributed by atoms with Crippen LogP contribution in [0, 0.1) is 12.7 Å². The highest BCUT2D eigenvalue weighted by Crippen LogP contribution is 2.28. The van der Waals surface area contributed by atoms with E-state index in [0.29, 0.717) is 10.6 Å². The zero-order valence-corrected chi connectivity index (χ0v) is 12.6. The van der Waals surface area contributed by atoms with Gasteiger partial charge in [0.1, 0.15) is 15.7 Å². The summed E-state index contributed by atoms with van der Waals surface area (Å²) in [6.07, 6.45) is 0.883. The van der Waals surface area contributed by atoms with Crippen LogP contribution in [0.4, 0.5) is 4.39 Å². The molecular weight excluding hydrogens is 275 g/mol. The fourth-order valence-electron chi connectivity index (χ4n) is 1.71. The number of halogens is 1. The van der Waals surface area contributed by atoms with Gasteiger partial charge in [0.2, 0.25) is 0 Å². The molecule has 0 aliphatic carbocycles. The summed E-state index contributed by atoms with van der Waals surface area (Å²) < 4.78 is 12.9. The van der Waals surface area contributed by atoms with Crippen LogP contribution >= 0.6 is 11.3 Å². The number of rotatable bonds is 4. The van der Waals surface area contributed by atoms with Gasteiger partial charge in [0.25, 0.3) is 5.91 Å². The molecule has 20 heavy (non-hydrogen) atoms. The van der Waals surface area contributed by atoms with Crippen molar-refractivity contribution in [3.63, 3.8) is 0 Å². The number of aromatic nitrogens is 1. The van der Waals surface area contributed by atoms with Crippen LogP contribution < -0.4 is 5.32 Å². The lowest BCUT2D eigenvalue weighted by atomic mass is 10.2. The van der Waals surface area contributed by atoms with E-state index in [1.807, 2.05) is 20.8 Å². The third kappa shape index (κ3) is 3.22. The van der Waals surface area contributed by atoms with E-state index in [-0.39, 0.29) is 17.8 Å². The van der Waals surface area contributed by atoms with E-state index in [2.05, 4.69) is 10.3 Å². The van der Waals surface area contributed by atoms with Gasteiger partial charge < -0.3 is 5.32 Å². The molecular formula is C15H17FN2OS. The normalized spacial score (nSPS) is 12.2. The van der Waals surface area contributed by atoms with Crippen molar-refractivity contribution in [2.24, 2.45) is 0 Å². The summed E-state index contributed by atoms with van der Waals surface area (Å²) in [6.45, 7) is 5.80. The Kier molecular flexibility index (Phi) is 4.49. The Balaban J connectivity index is 2.25. The summed E-state index contributed by atoms with van der Waals surface area (Å²) in [5.74, 6) is -0.375. The molecule has 1 aromatic carbocycles. The number of aryl methyl sites for hydroxylation is 1. The summed E-state index contributed by atoms with van der Waals surface area (Å²) >= 11 is 1.33. The van der Waals surface area contributed by atoms with Gasteiger partial charge in [-0.3, -0.25) is 4.79 Å². The monoisotopic (exact) mass is 292 g/mol. The molecule has 5 heteroatoms. The number of carbonyl (C=O) groups excluding carboxylic acids is 1. The van der Waals surface area contributed by atoms with Gasteiger partial charge in [-0.1, -0.05) is 6.92 Å². The Morgan fingerprint density at radius 3 is 2.65 bits per heavy atom. The average Bonchev–Trinajstić information content (AvgIpc) is 2.81. The summed E-state index contributed by atoms with van der Waals surface area (Å²) in [5.41, 5.74) is 1.53. The number of hydrogen-bond donors (Lipinski definition) is 1. The molecule has 0 unspecified atom stereocenters. The minimum absolute atomic E-state index is 0.0947. The van der Waals surface area contributed by atoms with Crippen molar-refractivity contribution in [3.8, 4) is 10.6 Å². The summed E-state index contributed by atoms with van der Waals surface area (Å²) in [5, 5.41) is 3.67. The van der Waals surface area contributed by atoms with E-state index in [4.69, 9.17) is 0 Å². The van der Waals surface area contributed by atoms with Gasteiger partial charge in [-0.25, -0.2) is 9.37 Å². The van der Waals surface area contributed by atoms with E-state index in [1.165, 1.54) is 23.5 Å². The first kappa shape index (κ1) is 14.7. The first-order chi connectivity index (χ1) is 9.51. The molecule has 2 aromatic rings. The van der Waals surface area contributed by atoms with Crippen molar-refractivity contribution < 1.29 is 9.18 Å². The van der Waals surface area contributed by atoms with Crippen LogP contribution in [0.25, 0.3) is 10.6 Å². The van der Waals surface area contributed by atoms with Gasteiger partial charge in [0.15, 0.2) is 0 Å². The van der Waals surface area contributed by atoms with E-state index in [1.54, 1.807) is 12.1 Å². The van der Waals surface area contributed by atoms with Crippen molar-refractivity contribution in [1.29, 1.82) is 0 Å². The van der Waals surface area contributed by atoms with Crippen molar-refractivity contribution in [1.82, 2.24) is 10.3 Å². The molecule has 0 fully saturated rings. The van der Waals surface area contributed by atoms with Gasteiger partial charge in [-0.05, 0) is 44.5 Å². The van der Waals surface area contributed by atoms with Crippen LogP contribution in [0.5, 0.6) is 0 Å². The molecule has 106 valence electrons. The number of thiazole rings is 1. The predicted molar refractivity (Wildman–Crippen MR) is 79.5 cm³/mol. The fraction of sp³-hybridized carbons (Fsp3) is 0.333. The van der Waals surface area contributed by atoms with E-state index < -0.39 is 0 Å². The number of hydrogen-bond acceptors (Lipinski definition) is 3. The Labute approximate surface area is 121 Å². The average molecular weight is 292 g/mol. The number of nitrogens with one attached hydrogen (secondary N) is 1. The highest BCUT2D eigenvalue weighted by Gasteiger charge is 2.17. The van der Waals surface area contributed by atoms with Crippen LogP contribution in [-0.4, -0.2) is 16.9 Å². The van der Waals surface area contributed by atoms with Gasteiger partial charge >= 0.3 is 0 Å². The first-order valence-electron chi connectivity index (χ1n) is 6.55. The number of nitrogens with zero attached hydrogens (tertiary/aromatic N) is 1. The van der Waals surface area contributed by atoms with Crippen LogP contribution in [0.1, 0.15) is 35.6 Å². The quantitative estimate of drug-likeness (QED) is 0.931. The Hall–Kier alpha value is -1.75. The molecule has 3 nitrogen and oxygen atoms in total. The highest BCUT2D eigenvalue weighted by atomic mass is 32.1. The molecule has 0 spiro atoms. The lowest BCUT2D eigenvalue weighted by molar-refractivity contribution is 0.0942. The van der Waals surface area contributed by atoms with Crippen molar-refractivity contribution >= 4 is 17.2 Å². The maximum atomic E-state index is 12.9. The molecule has 0 radical (unpaired) electrons. The van der Waals surface area contributed by atoms with E-state index in [0.717, 1.165) is 17.0 Å². The van der Waals surface area contributed by atoms with Gasteiger partial charge in [0, 0.05) is 11.6 Å². The smallest absolute Gasteiger partial charge is 0.263 e. The molecule has 1 heterocycles. The molecule has 0 aliphatic rings. The van der Waals surface area contributed by atoms with Crippen molar-refractivity contribution in [2.75, 3.05) is 0 Å². The fourth-order valence-corrected chi connectivity index (χ4v) is 2.69. The summed E-state index contributed by atoms with van der Waals surface area (Å²) in [7, 11) is 0. The minimum Gasteiger partial charge on any atom is -0.349 e. The third-order valence-corrected chi connectivity index (χ3v) is 4.29. The second-order valence-corrected chi connectivity index (χ2v) is 5.72. The standard InChI is InChI=1S/C15H17FN2OS/c1-4-9(2)17-14(19)13-10(3)18-15(20-13)11-5-7-12(16)8-6-11/h5-9H,4H2,1-3H3,(H,17,19)/t9-/m1/s1. The van der Waals surface area contributed by atoms with E-state index in [9.17, 15) is 9.18 Å². The third-order valence-electron chi connectivity index (χ3n) is 3.08. The summed E-state index contributed by atoms with van der Waals surface area (Å²) in [4.78, 5) is 17.1. The van der Waals surface area contributed by atoms with E-state index >= 15 is 0 Å². The van der Waals surface area contributed by atoms with Gasteiger partial charge in [-0.2, -0.15) is 0 Å². The second kappa shape index (κ2) is 6.13. The SMILES string of the molecule is CC[C@@H](C)NC(=O)c1sc(-c2ccc(F)cc2)nc1C. The lowest BCUT2D eigenvalue weighted by Crippen LogP contribution is -2.31.